The van der Waals surface area contributed by atoms with Gasteiger partial charge in [-0.2, -0.15) is 13.2 Å². The van der Waals surface area contributed by atoms with Gasteiger partial charge in [-0.15, -0.1) is 0 Å². The van der Waals surface area contributed by atoms with E-state index in [0.717, 1.165) is 12.1 Å². The summed E-state index contributed by atoms with van der Waals surface area (Å²) in [5.74, 6) is -7.37. The predicted octanol–water partition coefficient (Wildman–Crippen LogP) is 2.64. The number of halogens is 6. The van der Waals surface area contributed by atoms with Crippen LogP contribution in [-0.2, 0) is 9.84 Å². The first kappa shape index (κ1) is 23.6. The average molecular weight is 456 g/mol. The number of carbonyl (C=O) groups is 1. The molecular weight excluding hydrogens is 442 g/mol. The number of alkyl halides is 3. The minimum absolute atomic E-state index is 0.320. The van der Waals surface area contributed by atoms with Crippen molar-refractivity contribution in [3.63, 3.8) is 0 Å². The number of aliphatic hydroxyl groups excluding tert-OH is 1. The lowest BCUT2D eigenvalue weighted by molar-refractivity contribution is -0.129. The molecule has 1 unspecified atom stereocenters. The lowest BCUT2D eigenvalue weighted by atomic mass is 10.0. The molecule has 164 valence electrons. The Morgan fingerprint density at radius 1 is 1.10 bits per heavy atom. The van der Waals surface area contributed by atoms with Crippen molar-refractivity contribution in [3.8, 4) is 0 Å². The van der Waals surface area contributed by atoms with E-state index < -0.39 is 74.7 Å². The number of sulfone groups is 1. The first-order valence-electron chi connectivity index (χ1n) is 8.14. The van der Waals surface area contributed by atoms with Crippen LogP contribution >= 0.6 is 0 Å². The molecule has 6 nitrogen and oxygen atoms in total. The fourth-order valence-electron chi connectivity index (χ4n) is 2.57. The molecule has 2 rings (SSSR count). The van der Waals surface area contributed by atoms with Crippen LogP contribution in [0.4, 0.5) is 26.3 Å². The second-order valence-electron chi connectivity index (χ2n) is 6.01. The van der Waals surface area contributed by atoms with E-state index in [0.29, 0.717) is 18.3 Å². The topological polar surface area (TPSA) is 96.4 Å². The van der Waals surface area contributed by atoms with E-state index in [2.05, 4.69) is 4.98 Å². The third-order valence-electron chi connectivity index (χ3n) is 3.93. The highest BCUT2D eigenvalue weighted by atomic mass is 32.2. The maximum absolute atomic E-state index is 14.3. The second-order valence-corrected chi connectivity index (χ2v) is 8.22. The molecule has 1 aromatic carbocycles. The van der Waals surface area contributed by atoms with Gasteiger partial charge in [0, 0.05) is 11.8 Å². The Morgan fingerprint density at radius 2 is 1.73 bits per heavy atom. The van der Waals surface area contributed by atoms with E-state index in [1.54, 1.807) is 0 Å². The molecule has 2 N–H and O–H groups in total. The fourth-order valence-corrected chi connectivity index (χ4v) is 4.45. The predicted molar refractivity (Wildman–Crippen MR) is 91.4 cm³/mol. The van der Waals surface area contributed by atoms with Crippen LogP contribution in [0.3, 0.4) is 0 Å². The second kappa shape index (κ2) is 9.00. The maximum atomic E-state index is 14.3. The number of aliphatic hydroxyl groups is 1. The van der Waals surface area contributed by atoms with E-state index in [1.165, 1.54) is 0 Å². The van der Waals surface area contributed by atoms with Gasteiger partial charge in [-0.3, -0.25) is 9.78 Å². The van der Waals surface area contributed by atoms with Gasteiger partial charge >= 0.3 is 6.18 Å². The number of rotatable bonds is 7. The summed E-state index contributed by atoms with van der Waals surface area (Å²) in [6.45, 7) is -0.740. The van der Waals surface area contributed by atoms with Crippen LogP contribution in [0.15, 0.2) is 30.5 Å². The van der Waals surface area contributed by atoms with Crippen LogP contribution in [0.1, 0.15) is 33.3 Å². The van der Waals surface area contributed by atoms with Gasteiger partial charge in [-0.25, -0.2) is 21.6 Å². The normalized spacial score (nSPS) is 13.2. The summed E-state index contributed by atoms with van der Waals surface area (Å²) in [7, 11) is -4.91. The zero-order valence-electron chi connectivity index (χ0n) is 14.9. The number of hydrogen-bond acceptors (Lipinski definition) is 5. The zero-order valence-corrected chi connectivity index (χ0v) is 15.7. The molecule has 0 saturated carbocycles. The molecule has 2 aromatic rings. The molecule has 13 heteroatoms. The van der Waals surface area contributed by atoms with Crippen molar-refractivity contribution >= 4 is 15.7 Å². The molecule has 0 aliphatic heterocycles. The SMILES string of the molecule is O=C(NCO)c1ccc(C(c2c(F)ccc(F)c2F)S(=O)(=O)CCC(F)(F)F)cn1. The van der Waals surface area contributed by atoms with E-state index in [-0.39, 0.29) is 5.69 Å². The van der Waals surface area contributed by atoms with Gasteiger partial charge in [0.2, 0.25) is 0 Å². The Bertz CT molecular complexity index is 1030. The first-order valence-corrected chi connectivity index (χ1v) is 9.85. The molecule has 0 fully saturated rings. The standard InChI is InChI=1S/C17H14F6N2O4S/c18-10-2-3-11(19)14(20)13(10)15(30(28,29)6-5-17(21,22)23)9-1-4-12(24-7-9)16(27)25-8-26/h1-4,7,15,26H,5-6,8H2,(H,25,27). The highest BCUT2D eigenvalue weighted by Crippen LogP contribution is 2.36. The molecule has 1 atom stereocenters. The van der Waals surface area contributed by atoms with Crippen LogP contribution in [0.5, 0.6) is 0 Å². The van der Waals surface area contributed by atoms with Gasteiger partial charge < -0.3 is 10.4 Å². The maximum Gasteiger partial charge on any atom is 0.390 e. The number of carbonyl (C=O) groups excluding carboxylic acids is 1. The van der Waals surface area contributed by atoms with E-state index in [9.17, 15) is 39.6 Å². The molecule has 0 saturated heterocycles. The third-order valence-corrected chi connectivity index (χ3v) is 5.93. The molecule has 30 heavy (non-hydrogen) atoms. The highest BCUT2D eigenvalue weighted by Gasteiger charge is 2.38. The van der Waals surface area contributed by atoms with Gasteiger partial charge in [-0.1, -0.05) is 6.07 Å². The number of nitrogens with one attached hydrogen (secondary N) is 1. The molecule has 0 aliphatic carbocycles. The summed E-state index contributed by atoms with van der Waals surface area (Å²) in [6.07, 6.45) is -5.96. The molecule has 1 heterocycles. The molecule has 0 bridgehead atoms. The van der Waals surface area contributed by atoms with Crippen molar-refractivity contribution < 1.29 is 44.7 Å². The molecule has 0 radical (unpaired) electrons. The summed E-state index contributed by atoms with van der Waals surface area (Å²) in [5.41, 5.74) is -2.10. The smallest absolute Gasteiger partial charge is 0.376 e. The summed E-state index contributed by atoms with van der Waals surface area (Å²) < 4.78 is 105. The number of pyridine rings is 1. The minimum atomic E-state index is -4.91. The Kier molecular flexibility index (Phi) is 7.08. The molecular formula is C17H14F6N2O4S. The fraction of sp³-hybridized carbons (Fsp3) is 0.294. The Hall–Kier alpha value is -2.67. The first-order chi connectivity index (χ1) is 13.9. The average Bonchev–Trinajstić information content (AvgIpc) is 2.66. The largest absolute Gasteiger partial charge is 0.390 e. The van der Waals surface area contributed by atoms with Crippen molar-refractivity contribution in [2.45, 2.75) is 17.8 Å². The van der Waals surface area contributed by atoms with Crippen molar-refractivity contribution in [2.75, 3.05) is 12.5 Å². The van der Waals surface area contributed by atoms with Gasteiger partial charge in [-0.05, 0) is 23.8 Å². The van der Waals surface area contributed by atoms with Gasteiger partial charge in [0.05, 0.1) is 12.2 Å². The molecule has 1 aromatic heterocycles. The monoisotopic (exact) mass is 456 g/mol. The van der Waals surface area contributed by atoms with Gasteiger partial charge in [0.25, 0.3) is 5.91 Å². The van der Waals surface area contributed by atoms with Gasteiger partial charge in [0.1, 0.15) is 23.5 Å². The van der Waals surface area contributed by atoms with Crippen molar-refractivity contribution in [2.24, 2.45) is 0 Å². The highest BCUT2D eigenvalue weighted by molar-refractivity contribution is 7.91. The quantitative estimate of drug-likeness (QED) is 0.380. The Balaban J connectivity index is 2.61. The van der Waals surface area contributed by atoms with Crippen molar-refractivity contribution in [3.05, 3.63) is 64.7 Å². The van der Waals surface area contributed by atoms with Gasteiger partial charge in [0.15, 0.2) is 21.5 Å². The molecule has 0 aliphatic rings. The van der Waals surface area contributed by atoms with Crippen LogP contribution < -0.4 is 5.32 Å². The summed E-state index contributed by atoms with van der Waals surface area (Å²) in [4.78, 5) is 15.2. The summed E-state index contributed by atoms with van der Waals surface area (Å²) in [6, 6.07) is 2.67. The number of amides is 1. The Morgan fingerprint density at radius 3 is 2.27 bits per heavy atom. The van der Waals surface area contributed by atoms with E-state index in [4.69, 9.17) is 5.11 Å². The van der Waals surface area contributed by atoms with E-state index >= 15 is 0 Å². The number of hydrogen-bond donors (Lipinski definition) is 2. The van der Waals surface area contributed by atoms with Crippen LogP contribution in [0.25, 0.3) is 0 Å². The molecule has 0 spiro atoms. The summed E-state index contributed by atoms with van der Waals surface area (Å²) in [5, 5.41) is 8.29. The van der Waals surface area contributed by atoms with Crippen molar-refractivity contribution in [1.82, 2.24) is 10.3 Å². The van der Waals surface area contributed by atoms with Crippen molar-refractivity contribution in [1.29, 1.82) is 0 Å². The zero-order chi connectivity index (χ0) is 22.7. The van der Waals surface area contributed by atoms with Crippen LogP contribution in [0, 0.1) is 17.5 Å². The van der Waals surface area contributed by atoms with Crippen LogP contribution in [0.2, 0.25) is 0 Å². The number of nitrogens with zero attached hydrogens (tertiary/aromatic N) is 1. The number of benzene rings is 1. The number of aromatic nitrogens is 1. The minimum Gasteiger partial charge on any atom is -0.376 e. The Labute approximate surface area is 166 Å². The lowest BCUT2D eigenvalue weighted by Crippen LogP contribution is -2.26. The van der Waals surface area contributed by atoms with Crippen LogP contribution in [-0.4, -0.2) is 43.1 Å². The lowest BCUT2D eigenvalue weighted by Gasteiger charge is -2.20. The third kappa shape index (κ3) is 5.48. The van der Waals surface area contributed by atoms with E-state index in [1.807, 2.05) is 5.32 Å². The molecule has 1 amide bonds. The summed E-state index contributed by atoms with van der Waals surface area (Å²) >= 11 is 0.